The molecule has 2 N–H and O–H groups in total. The van der Waals surface area contributed by atoms with Crippen LogP contribution in [-0.2, 0) is 9.53 Å². The second kappa shape index (κ2) is 8.08. The van der Waals surface area contributed by atoms with E-state index in [-0.39, 0.29) is 30.5 Å². The van der Waals surface area contributed by atoms with Crippen molar-refractivity contribution in [3.05, 3.63) is 0 Å². The predicted molar refractivity (Wildman–Crippen MR) is 78.4 cm³/mol. The number of nitrogens with zero attached hydrogens (tertiary/aromatic N) is 1. The van der Waals surface area contributed by atoms with Gasteiger partial charge in [0.2, 0.25) is 5.91 Å². The second-order valence-electron chi connectivity index (χ2n) is 5.77. The highest BCUT2D eigenvalue weighted by Gasteiger charge is 2.26. The van der Waals surface area contributed by atoms with E-state index in [4.69, 9.17) is 10.5 Å². The predicted octanol–water partition coefficient (Wildman–Crippen LogP) is 1.95. The average Bonchev–Trinajstić information content (AvgIpc) is 2.40. The number of carbonyl (C=O) groups is 1. The molecule has 2 fully saturated rings. The standard InChI is InChI=1S/C14H26N2O2.ClH/c1-11(15)12-5-7-16(8-6-12)14(17)10-13-4-2-3-9-18-13;/h11-13H,2-10,15H2,1H3;1H. The summed E-state index contributed by atoms with van der Waals surface area (Å²) in [6.07, 6.45) is 6.22. The maximum absolute atomic E-state index is 12.2. The van der Waals surface area contributed by atoms with Crippen LogP contribution < -0.4 is 5.73 Å². The summed E-state index contributed by atoms with van der Waals surface area (Å²) < 4.78 is 5.63. The molecule has 0 aromatic heterocycles. The number of nitrogens with two attached hydrogens (primary N) is 1. The molecular weight excluding hydrogens is 264 g/mol. The average molecular weight is 291 g/mol. The third-order valence-electron chi connectivity index (χ3n) is 4.31. The van der Waals surface area contributed by atoms with Gasteiger partial charge >= 0.3 is 0 Å². The maximum Gasteiger partial charge on any atom is 0.225 e. The molecule has 2 aliphatic heterocycles. The molecule has 5 heteroatoms. The van der Waals surface area contributed by atoms with E-state index >= 15 is 0 Å². The van der Waals surface area contributed by atoms with Crippen LogP contribution >= 0.6 is 12.4 Å². The van der Waals surface area contributed by atoms with Crippen molar-refractivity contribution in [3.8, 4) is 0 Å². The van der Waals surface area contributed by atoms with Crippen LogP contribution in [0.25, 0.3) is 0 Å². The molecule has 2 rings (SSSR count). The van der Waals surface area contributed by atoms with Crippen LogP contribution in [-0.4, -0.2) is 42.6 Å². The van der Waals surface area contributed by atoms with E-state index in [1.807, 2.05) is 4.90 Å². The Kier molecular flexibility index (Phi) is 7.11. The van der Waals surface area contributed by atoms with Crippen LogP contribution in [0, 0.1) is 5.92 Å². The molecule has 0 aromatic rings. The van der Waals surface area contributed by atoms with Crippen molar-refractivity contribution in [2.45, 2.75) is 57.6 Å². The zero-order valence-corrected chi connectivity index (χ0v) is 12.7. The van der Waals surface area contributed by atoms with E-state index in [1.165, 1.54) is 6.42 Å². The van der Waals surface area contributed by atoms with Crippen LogP contribution in [0.5, 0.6) is 0 Å². The second-order valence-corrected chi connectivity index (χ2v) is 5.77. The first-order valence-electron chi connectivity index (χ1n) is 7.32. The van der Waals surface area contributed by atoms with Gasteiger partial charge in [-0.1, -0.05) is 0 Å². The molecule has 2 heterocycles. The fourth-order valence-corrected chi connectivity index (χ4v) is 2.97. The summed E-state index contributed by atoms with van der Waals surface area (Å²) in [4.78, 5) is 14.2. The SMILES string of the molecule is CC(N)C1CCN(C(=O)CC2CCCCO2)CC1.Cl. The Morgan fingerprint density at radius 2 is 2.00 bits per heavy atom. The highest BCUT2D eigenvalue weighted by atomic mass is 35.5. The lowest BCUT2D eigenvalue weighted by molar-refractivity contribution is -0.136. The Bertz CT molecular complexity index is 273. The Morgan fingerprint density at radius 1 is 1.32 bits per heavy atom. The van der Waals surface area contributed by atoms with E-state index < -0.39 is 0 Å². The molecule has 2 aliphatic rings. The number of rotatable bonds is 3. The van der Waals surface area contributed by atoms with Gasteiger partial charge in [0.25, 0.3) is 0 Å². The number of amides is 1. The monoisotopic (exact) mass is 290 g/mol. The molecule has 19 heavy (non-hydrogen) atoms. The molecule has 2 atom stereocenters. The largest absolute Gasteiger partial charge is 0.378 e. The lowest BCUT2D eigenvalue weighted by Crippen LogP contribution is -2.43. The summed E-state index contributed by atoms with van der Waals surface area (Å²) >= 11 is 0. The topological polar surface area (TPSA) is 55.6 Å². The first kappa shape index (κ1) is 16.7. The van der Waals surface area contributed by atoms with E-state index in [1.54, 1.807) is 0 Å². The van der Waals surface area contributed by atoms with Crippen molar-refractivity contribution in [2.75, 3.05) is 19.7 Å². The van der Waals surface area contributed by atoms with Crippen molar-refractivity contribution in [1.82, 2.24) is 4.90 Å². The summed E-state index contributed by atoms with van der Waals surface area (Å²) in [5, 5.41) is 0. The molecule has 0 aromatic carbocycles. The zero-order valence-electron chi connectivity index (χ0n) is 11.8. The zero-order chi connectivity index (χ0) is 13.0. The van der Waals surface area contributed by atoms with Gasteiger partial charge in [-0.3, -0.25) is 4.79 Å². The van der Waals surface area contributed by atoms with Crippen LogP contribution in [0.4, 0.5) is 0 Å². The third kappa shape index (κ3) is 4.93. The summed E-state index contributed by atoms with van der Waals surface area (Å²) in [7, 11) is 0. The maximum atomic E-state index is 12.2. The first-order chi connectivity index (χ1) is 8.66. The van der Waals surface area contributed by atoms with E-state index in [2.05, 4.69) is 6.92 Å². The molecule has 0 aliphatic carbocycles. The third-order valence-corrected chi connectivity index (χ3v) is 4.31. The van der Waals surface area contributed by atoms with Crippen LogP contribution in [0.2, 0.25) is 0 Å². The van der Waals surface area contributed by atoms with Crippen molar-refractivity contribution in [3.63, 3.8) is 0 Å². The molecule has 0 bridgehead atoms. The number of carbonyl (C=O) groups excluding carboxylic acids is 1. The van der Waals surface area contributed by atoms with Crippen molar-refractivity contribution >= 4 is 18.3 Å². The minimum atomic E-state index is 0. The lowest BCUT2D eigenvalue weighted by atomic mass is 9.90. The fraction of sp³-hybridized carbons (Fsp3) is 0.929. The summed E-state index contributed by atoms with van der Waals surface area (Å²) in [6.45, 7) is 4.64. The van der Waals surface area contributed by atoms with Crippen LogP contribution in [0.1, 0.15) is 45.4 Å². The molecule has 1 amide bonds. The molecule has 0 spiro atoms. The van der Waals surface area contributed by atoms with E-state index in [9.17, 15) is 4.79 Å². The van der Waals surface area contributed by atoms with Crippen LogP contribution in [0.3, 0.4) is 0 Å². The number of hydrogen-bond donors (Lipinski definition) is 1. The summed E-state index contributed by atoms with van der Waals surface area (Å²) in [5.41, 5.74) is 5.91. The Hall–Kier alpha value is -0.320. The number of halogens is 1. The highest BCUT2D eigenvalue weighted by molar-refractivity contribution is 5.85. The van der Waals surface area contributed by atoms with E-state index in [0.717, 1.165) is 45.4 Å². The number of likely N-dealkylation sites (tertiary alicyclic amines) is 1. The highest BCUT2D eigenvalue weighted by Crippen LogP contribution is 2.22. The van der Waals surface area contributed by atoms with Gasteiger partial charge in [0.15, 0.2) is 0 Å². The summed E-state index contributed by atoms with van der Waals surface area (Å²) in [5.74, 6) is 0.852. The normalized spacial score (nSPS) is 26.6. The van der Waals surface area contributed by atoms with E-state index in [0.29, 0.717) is 12.3 Å². The molecule has 112 valence electrons. The number of piperidine rings is 1. The quantitative estimate of drug-likeness (QED) is 0.864. The first-order valence-corrected chi connectivity index (χ1v) is 7.32. The van der Waals surface area contributed by atoms with Crippen molar-refractivity contribution < 1.29 is 9.53 Å². The van der Waals surface area contributed by atoms with Crippen molar-refractivity contribution in [1.29, 1.82) is 0 Å². The number of ether oxygens (including phenoxy) is 1. The molecule has 2 saturated heterocycles. The van der Waals surface area contributed by atoms with Gasteiger partial charge in [-0.25, -0.2) is 0 Å². The molecule has 0 radical (unpaired) electrons. The minimum Gasteiger partial charge on any atom is -0.378 e. The fourth-order valence-electron chi connectivity index (χ4n) is 2.97. The smallest absolute Gasteiger partial charge is 0.225 e. The molecule has 4 nitrogen and oxygen atoms in total. The van der Waals surface area contributed by atoms with Gasteiger partial charge in [0.05, 0.1) is 12.5 Å². The Labute approximate surface area is 122 Å². The van der Waals surface area contributed by atoms with Gasteiger partial charge in [-0.2, -0.15) is 0 Å². The minimum absolute atomic E-state index is 0. The Balaban J connectivity index is 0.00000180. The molecule has 0 saturated carbocycles. The van der Waals surface area contributed by atoms with Gasteiger partial charge in [0.1, 0.15) is 0 Å². The molecular formula is C14H27ClN2O2. The van der Waals surface area contributed by atoms with Gasteiger partial charge in [0, 0.05) is 25.7 Å². The van der Waals surface area contributed by atoms with Gasteiger partial charge in [-0.05, 0) is 44.9 Å². The van der Waals surface area contributed by atoms with Crippen LogP contribution in [0.15, 0.2) is 0 Å². The van der Waals surface area contributed by atoms with Gasteiger partial charge < -0.3 is 15.4 Å². The van der Waals surface area contributed by atoms with Crippen molar-refractivity contribution in [2.24, 2.45) is 11.7 Å². The van der Waals surface area contributed by atoms with Gasteiger partial charge in [-0.15, -0.1) is 12.4 Å². The molecule has 2 unspecified atom stereocenters. The summed E-state index contributed by atoms with van der Waals surface area (Å²) in [6, 6.07) is 0.254. The number of hydrogen-bond acceptors (Lipinski definition) is 3. The lowest BCUT2D eigenvalue weighted by Gasteiger charge is -2.34. The Morgan fingerprint density at radius 3 is 2.53 bits per heavy atom.